The number of oxazole rings is 1. The van der Waals surface area contributed by atoms with Crippen molar-refractivity contribution in [2.45, 2.75) is 6.92 Å². The van der Waals surface area contributed by atoms with Gasteiger partial charge in [-0.25, -0.2) is 14.8 Å². The molecule has 8 nitrogen and oxygen atoms in total. The Labute approximate surface area is 166 Å². The molecule has 0 atom stereocenters. The van der Waals surface area contributed by atoms with E-state index in [9.17, 15) is 4.79 Å². The van der Waals surface area contributed by atoms with Crippen LogP contribution in [0.15, 0.2) is 52.9 Å². The predicted octanol–water partition coefficient (Wildman–Crippen LogP) is 4.13. The molecule has 4 rings (SSSR count). The van der Waals surface area contributed by atoms with Gasteiger partial charge in [0.1, 0.15) is 16.8 Å². The number of fused-ring (bicyclic) bond motifs is 1. The number of hydrogen-bond acceptors (Lipinski definition) is 8. The van der Waals surface area contributed by atoms with Gasteiger partial charge in [-0.3, -0.25) is 5.32 Å². The molecule has 146 valence electrons. The van der Waals surface area contributed by atoms with Crippen LogP contribution in [-0.2, 0) is 4.74 Å². The molecule has 1 N–H and O–H groups in total. The van der Waals surface area contributed by atoms with Crippen molar-refractivity contribution >= 4 is 29.0 Å². The van der Waals surface area contributed by atoms with Crippen LogP contribution in [0, 0.1) is 6.92 Å². The number of rotatable bonds is 5. The van der Waals surface area contributed by atoms with Gasteiger partial charge in [0.05, 0.1) is 25.6 Å². The smallest absolute Gasteiger partial charge is 0.341 e. The number of methoxy groups -OCH3 is 2. The number of ether oxygens (including phenoxy) is 2. The zero-order valence-electron chi connectivity index (χ0n) is 16.1. The Balaban J connectivity index is 1.78. The van der Waals surface area contributed by atoms with Crippen molar-refractivity contribution in [2.24, 2.45) is 0 Å². The van der Waals surface area contributed by atoms with Crippen molar-refractivity contribution in [1.29, 1.82) is 0 Å². The fourth-order valence-electron chi connectivity index (χ4n) is 2.95. The first-order valence-corrected chi connectivity index (χ1v) is 8.83. The van der Waals surface area contributed by atoms with E-state index in [1.54, 1.807) is 26.2 Å². The maximum Gasteiger partial charge on any atom is 0.341 e. The third-order valence-electron chi connectivity index (χ3n) is 4.36. The largest absolute Gasteiger partial charge is 0.497 e. The minimum absolute atomic E-state index is 0.257. The van der Waals surface area contributed by atoms with Gasteiger partial charge >= 0.3 is 12.0 Å². The number of carbonyl (C=O) groups excluding carboxylic acids is 1. The summed E-state index contributed by atoms with van der Waals surface area (Å²) < 4.78 is 15.8. The molecule has 0 amide bonds. The average Bonchev–Trinajstić information content (AvgIpc) is 3.15. The lowest BCUT2D eigenvalue weighted by Crippen LogP contribution is -2.11. The van der Waals surface area contributed by atoms with E-state index in [1.807, 2.05) is 36.4 Å². The number of aryl methyl sites for hydroxylation is 1. The first kappa shape index (κ1) is 18.4. The summed E-state index contributed by atoms with van der Waals surface area (Å²) >= 11 is 0. The first-order chi connectivity index (χ1) is 14.1. The number of carbonyl (C=O) groups is 1. The second-order valence-electron chi connectivity index (χ2n) is 6.19. The minimum atomic E-state index is -0.512. The van der Waals surface area contributed by atoms with Crippen molar-refractivity contribution in [3.8, 4) is 17.0 Å². The topological polar surface area (TPSA) is 99.4 Å². The van der Waals surface area contributed by atoms with E-state index in [1.165, 1.54) is 7.11 Å². The van der Waals surface area contributed by atoms with Crippen LogP contribution in [0.2, 0.25) is 0 Å². The monoisotopic (exact) mass is 390 g/mol. The fourth-order valence-corrected chi connectivity index (χ4v) is 2.95. The normalized spacial score (nSPS) is 10.7. The zero-order valence-corrected chi connectivity index (χ0v) is 16.1. The van der Waals surface area contributed by atoms with Crippen LogP contribution in [0.5, 0.6) is 5.75 Å². The summed E-state index contributed by atoms with van der Waals surface area (Å²) in [6.45, 7) is 1.72. The molecule has 0 unspecified atom stereocenters. The molecule has 2 heterocycles. The lowest BCUT2D eigenvalue weighted by Gasteiger charge is -2.12. The SMILES string of the molecule is COC(=O)c1c(C)nc(Nc2nc3ccccc3o2)nc1-c1ccc(OC)cc1. The number of nitrogens with one attached hydrogen (secondary N) is 1. The highest BCUT2D eigenvalue weighted by molar-refractivity contribution is 5.97. The standard InChI is InChI=1S/C21H18N4O4/c1-12-17(19(26)28-3)18(13-8-10-14(27-2)11-9-13)24-20(22-12)25-21-23-15-6-4-5-7-16(15)29-21/h4-11H,1-3H3,(H,22,23,24,25). The maximum atomic E-state index is 12.4. The number of esters is 1. The van der Waals surface area contributed by atoms with E-state index in [2.05, 4.69) is 20.3 Å². The molecule has 2 aromatic carbocycles. The van der Waals surface area contributed by atoms with Gasteiger partial charge in [-0.2, -0.15) is 4.98 Å². The summed E-state index contributed by atoms with van der Waals surface area (Å²) in [6.07, 6.45) is 0. The zero-order chi connectivity index (χ0) is 20.4. The number of para-hydroxylation sites is 2. The van der Waals surface area contributed by atoms with Crippen LogP contribution in [0.3, 0.4) is 0 Å². The third kappa shape index (κ3) is 3.60. The van der Waals surface area contributed by atoms with Gasteiger partial charge in [0.25, 0.3) is 0 Å². The summed E-state index contributed by atoms with van der Waals surface area (Å²) in [5.74, 6) is 0.443. The van der Waals surface area contributed by atoms with Crippen LogP contribution in [0.1, 0.15) is 16.1 Å². The summed E-state index contributed by atoms with van der Waals surface area (Å²) in [5.41, 5.74) is 3.28. The number of benzene rings is 2. The van der Waals surface area contributed by atoms with E-state index in [-0.39, 0.29) is 12.0 Å². The lowest BCUT2D eigenvalue weighted by molar-refractivity contribution is 0.0600. The van der Waals surface area contributed by atoms with Gasteiger partial charge in [0, 0.05) is 5.56 Å². The van der Waals surface area contributed by atoms with E-state index < -0.39 is 5.97 Å². The summed E-state index contributed by atoms with van der Waals surface area (Å²) in [6, 6.07) is 14.9. The fraction of sp³-hybridized carbons (Fsp3) is 0.143. The van der Waals surface area contributed by atoms with Crippen LogP contribution in [0.4, 0.5) is 12.0 Å². The molecule has 0 spiro atoms. The highest BCUT2D eigenvalue weighted by Gasteiger charge is 2.21. The Morgan fingerprint density at radius 1 is 1.00 bits per heavy atom. The second-order valence-corrected chi connectivity index (χ2v) is 6.19. The van der Waals surface area contributed by atoms with Crippen LogP contribution >= 0.6 is 0 Å². The van der Waals surface area contributed by atoms with E-state index in [0.717, 1.165) is 5.56 Å². The molecule has 0 radical (unpaired) electrons. The molecular formula is C21H18N4O4. The van der Waals surface area contributed by atoms with E-state index in [4.69, 9.17) is 13.9 Å². The molecule has 0 saturated heterocycles. The van der Waals surface area contributed by atoms with Crippen LogP contribution < -0.4 is 10.1 Å². The van der Waals surface area contributed by atoms with Crippen LogP contribution in [0.25, 0.3) is 22.4 Å². The molecule has 2 aromatic heterocycles. The number of hydrogen-bond donors (Lipinski definition) is 1. The van der Waals surface area contributed by atoms with Gasteiger partial charge in [-0.05, 0) is 43.3 Å². The van der Waals surface area contributed by atoms with Gasteiger partial charge in [-0.15, -0.1) is 0 Å². The Bertz CT molecular complexity index is 1150. The minimum Gasteiger partial charge on any atom is -0.497 e. The molecule has 0 aliphatic carbocycles. The highest BCUT2D eigenvalue weighted by Crippen LogP contribution is 2.28. The van der Waals surface area contributed by atoms with Gasteiger partial charge in [0.15, 0.2) is 5.58 Å². The predicted molar refractivity (Wildman–Crippen MR) is 107 cm³/mol. The Morgan fingerprint density at radius 2 is 1.76 bits per heavy atom. The van der Waals surface area contributed by atoms with Crippen LogP contribution in [-0.4, -0.2) is 35.1 Å². The van der Waals surface area contributed by atoms with Crippen molar-refractivity contribution in [3.05, 3.63) is 59.8 Å². The molecule has 0 aliphatic heterocycles. The molecule has 0 fully saturated rings. The molecule has 29 heavy (non-hydrogen) atoms. The van der Waals surface area contributed by atoms with E-state index in [0.29, 0.717) is 33.8 Å². The number of nitrogens with zero attached hydrogens (tertiary/aromatic N) is 3. The quantitative estimate of drug-likeness (QED) is 0.508. The molecular weight excluding hydrogens is 372 g/mol. The highest BCUT2D eigenvalue weighted by atomic mass is 16.5. The van der Waals surface area contributed by atoms with Gasteiger partial charge < -0.3 is 13.9 Å². The Hall–Kier alpha value is -3.94. The number of aromatic nitrogens is 3. The molecule has 0 saturated carbocycles. The summed E-state index contributed by atoms with van der Waals surface area (Å²) in [5, 5.41) is 2.97. The van der Waals surface area contributed by atoms with Crippen molar-refractivity contribution in [2.75, 3.05) is 19.5 Å². The Kier molecular flexibility index (Phi) is 4.82. The lowest BCUT2D eigenvalue weighted by atomic mass is 10.0. The van der Waals surface area contributed by atoms with Crippen molar-refractivity contribution < 1.29 is 18.7 Å². The average molecular weight is 390 g/mol. The third-order valence-corrected chi connectivity index (χ3v) is 4.36. The summed E-state index contributed by atoms with van der Waals surface area (Å²) in [4.78, 5) is 25.6. The Morgan fingerprint density at radius 3 is 2.45 bits per heavy atom. The van der Waals surface area contributed by atoms with E-state index >= 15 is 0 Å². The molecule has 8 heteroatoms. The molecule has 0 bridgehead atoms. The number of anilines is 2. The van der Waals surface area contributed by atoms with Gasteiger partial charge in [-0.1, -0.05) is 12.1 Å². The van der Waals surface area contributed by atoms with Gasteiger partial charge in [0.2, 0.25) is 5.95 Å². The molecule has 4 aromatic rings. The first-order valence-electron chi connectivity index (χ1n) is 8.83. The van der Waals surface area contributed by atoms with Crippen molar-refractivity contribution in [1.82, 2.24) is 15.0 Å². The molecule has 0 aliphatic rings. The summed E-state index contributed by atoms with van der Waals surface area (Å²) in [7, 11) is 2.91. The maximum absolute atomic E-state index is 12.4. The van der Waals surface area contributed by atoms with Crippen molar-refractivity contribution in [3.63, 3.8) is 0 Å². The second kappa shape index (κ2) is 7.59.